The number of nitrogens with zero attached hydrogens (tertiary/aromatic N) is 1. The van der Waals surface area contributed by atoms with Crippen LogP contribution in [0.1, 0.15) is 33.6 Å². The number of methoxy groups -OCH3 is 1. The molecule has 3 rings (SSSR count). The summed E-state index contributed by atoms with van der Waals surface area (Å²) in [6.07, 6.45) is 2.09. The quantitative estimate of drug-likeness (QED) is 0.677. The van der Waals surface area contributed by atoms with E-state index in [1.807, 2.05) is 4.90 Å². The second-order valence-corrected chi connectivity index (χ2v) is 7.60. The molecule has 0 aliphatic carbocycles. The van der Waals surface area contributed by atoms with Gasteiger partial charge in [0.05, 0.1) is 11.6 Å². The molecule has 0 saturated carbocycles. The molecule has 1 aliphatic heterocycles. The highest BCUT2D eigenvalue weighted by molar-refractivity contribution is 9.10. The standard InChI is InChI=1S/C20H20BrN3O3S/c1-27-17-8-7-13(12-16(17)21)18(25)23-20(28)22-15-6-4-5-14(11-15)19(26)24-9-2-3-10-24/h4-8,11-12H,2-3,9-10H2,1H3,(H2,22,23,25,28). The number of hydrogen-bond donors (Lipinski definition) is 2. The van der Waals surface area contributed by atoms with Gasteiger partial charge in [0.2, 0.25) is 0 Å². The highest BCUT2D eigenvalue weighted by atomic mass is 79.9. The van der Waals surface area contributed by atoms with E-state index in [2.05, 4.69) is 26.6 Å². The van der Waals surface area contributed by atoms with Crippen LogP contribution >= 0.6 is 28.1 Å². The fourth-order valence-electron chi connectivity index (χ4n) is 2.98. The lowest BCUT2D eigenvalue weighted by Gasteiger charge is -2.16. The van der Waals surface area contributed by atoms with Gasteiger partial charge in [0.25, 0.3) is 11.8 Å². The smallest absolute Gasteiger partial charge is 0.257 e. The van der Waals surface area contributed by atoms with Crippen molar-refractivity contribution in [2.24, 2.45) is 0 Å². The van der Waals surface area contributed by atoms with Crippen LogP contribution in [-0.4, -0.2) is 42.0 Å². The molecule has 0 radical (unpaired) electrons. The van der Waals surface area contributed by atoms with E-state index in [4.69, 9.17) is 17.0 Å². The van der Waals surface area contributed by atoms with Crippen LogP contribution in [0.4, 0.5) is 5.69 Å². The van der Waals surface area contributed by atoms with E-state index in [-0.39, 0.29) is 16.9 Å². The van der Waals surface area contributed by atoms with Crippen molar-refractivity contribution < 1.29 is 14.3 Å². The number of thiocarbonyl (C=S) groups is 1. The molecule has 0 atom stereocenters. The minimum atomic E-state index is -0.342. The minimum Gasteiger partial charge on any atom is -0.496 e. The second kappa shape index (κ2) is 9.16. The number of amides is 2. The van der Waals surface area contributed by atoms with E-state index in [9.17, 15) is 9.59 Å². The Hall–Kier alpha value is -2.45. The van der Waals surface area contributed by atoms with Gasteiger partial charge in [-0.25, -0.2) is 0 Å². The Kier molecular flexibility index (Phi) is 6.64. The molecule has 6 nitrogen and oxygen atoms in total. The average Bonchev–Trinajstić information content (AvgIpc) is 3.22. The van der Waals surface area contributed by atoms with Crippen molar-refractivity contribution >= 4 is 50.8 Å². The normalized spacial score (nSPS) is 13.1. The van der Waals surface area contributed by atoms with Crippen LogP contribution in [0.5, 0.6) is 5.75 Å². The molecular weight excluding hydrogens is 442 g/mol. The number of halogens is 1. The lowest BCUT2D eigenvalue weighted by molar-refractivity contribution is 0.0792. The molecule has 1 fully saturated rings. The molecule has 0 bridgehead atoms. The maximum absolute atomic E-state index is 12.5. The van der Waals surface area contributed by atoms with Crippen molar-refractivity contribution in [3.8, 4) is 5.75 Å². The molecule has 2 N–H and O–H groups in total. The molecule has 0 unspecified atom stereocenters. The number of carbonyl (C=O) groups excluding carboxylic acids is 2. The van der Waals surface area contributed by atoms with E-state index in [1.165, 1.54) is 0 Å². The van der Waals surface area contributed by atoms with Crippen LogP contribution in [-0.2, 0) is 0 Å². The minimum absolute atomic E-state index is 0.0131. The van der Waals surface area contributed by atoms with Crippen LogP contribution in [0.3, 0.4) is 0 Å². The van der Waals surface area contributed by atoms with Crippen LogP contribution in [0.25, 0.3) is 0 Å². The van der Waals surface area contributed by atoms with Gasteiger partial charge in [0.15, 0.2) is 5.11 Å². The maximum atomic E-state index is 12.5. The molecule has 2 amide bonds. The predicted octanol–water partition coefficient (Wildman–Crippen LogP) is 3.82. The Labute approximate surface area is 177 Å². The SMILES string of the molecule is COc1ccc(C(=O)NC(=S)Nc2cccc(C(=O)N3CCCC3)c2)cc1Br. The molecule has 0 spiro atoms. The summed E-state index contributed by atoms with van der Waals surface area (Å²) in [7, 11) is 1.56. The van der Waals surface area contributed by atoms with Gasteiger partial charge in [-0.1, -0.05) is 6.07 Å². The molecule has 1 saturated heterocycles. The Morgan fingerprint density at radius 1 is 1.11 bits per heavy atom. The summed E-state index contributed by atoms with van der Waals surface area (Å²) in [4.78, 5) is 26.7. The monoisotopic (exact) mass is 461 g/mol. The highest BCUT2D eigenvalue weighted by Crippen LogP contribution is 2.25. The van der Waals surface area contributed by atoms with E-state index in [0.717, 1.165) is 25.9 Å². The summed E-state index contributed by atoms with van der Waals surface area (Å²) >= 11 is 8.59. The van der Waals surface area contributed by atoms with E-state index >= 15 is 0 Å². The zero-order valence-corrected chi connectivity index (χ0v) is 17.7. The predicted molar refractivity (Wildman–Crippen MR) is 116 cm³/mol. The summed E-state index contributed by atoms with van der Waals surface area (Å²) in [6.45, 7) is 1.59. The van der Waals surface area contributed by atoms with Crippen molar-refractivity contribution in [3.63, 3.8) is 0 Å². The lowest BCUT2D eigenvalue weighted by atomic mass is 10.2. The first-order chi connectivity index (χ1) is 13.5. The topological polar surface area (TPSA) is 70.7 Å². The molecule has 28 heavy (non-hydrogen) atoms. The van der Waals surface area contributed by atoms with Crippen molar-refractivity contribution in [1.82, 2.24) is 10.2 Å². The molecule has 146 valence electrons. The number of rotatable bonds is 4. The van der Waals surface area contributed by atoms with Gasteiger partial charge in [0, 0.05) is 29.9 Å². The van der Waals surface area contributed by atoms with E-state index in [0.29, 0.717) is 27.0 Å². The zero-order chi connectivity index (χ0) is 20.1. The zero-order valence-electron chi connectivity index (χ0n) is 15.3. The Morgan fingerprint density at radius 3 is 2.54 bits per heavy atom. The van der Waals surface area contributed by atoms with Gasteiger partial charge in [0.1, 0.15) is 5.75 Å². The van der Waals surface area contributed by atoms with Crippen LogP contribution in [0.15, 0.2) is 46.9 Å². The number of anilines is 1. The first kappa shape index (κ1) is 20.3. The van der Waals surface area contributed by atoms with E-state index in [1.54, 1.807) is 49.6 Å². The number of hydrogen-bond acceptors (Lipinski definition) is 4. The summed E-state index contributed by atoms with van der Waals surface area (Å²) in [6, 6.07) is 12.1. The maximum Gasteiger partial charge on any atom is 0.257 e. The number of benzene rings is 2. The third kappa shape index (κ3) is 4.88. The van der Waals surface area contributed by atoms with Gasteiger partial charge in [-0.3, -0.25) is 14.9 Å². The average molecular weight is 462 g/mol. The van der Waals surface area contributed by atoms with E-state index < -0.39 is 0 Å². The van der Waals surface area contributed by atoms with Crippen molar-refractivity contribution in [2.75, 3.05) is 25.5 Å². The number of nitrogens with one attached hydrogen (secondary N) is 2. The lowest BCUT2D eigenvalue weighted by Crippen LogP contribution is -2.34. The van der Waals surface area contributed by atoms with Crippen LogP contribution in [0, 0.1) is 0 Å². The molecule has 8 heteroatoms. The molecular formula is C20H20BrN3O3S. The molecule has 1 heterocycles. The Bertz CT molecular complexity index is 913. The fourth-order valence-corrected chi connectivity index (χ4v) is 3.73. The van der Waals surface area contributed by atoms with Crippen LogP contribution in [0.2, 0.25) is 0 Å². The number of carbonyl (C=O) groups is 2. The highest BCUT2D eigenvalue weighted by Gasteiger charge is 2.19. The number of likely N-dealkylation sites (tertiary alicyclic amines) is 1. The molecule has 2 aromatic carbocycles. The Morgan fingerprint density at radius 2 is 1.86 bits per heavy atom. The fraction of sp³-hybridized carbons (Fsp3) is 0.250. The summed E-state index contributed by atoms with van der Waals surface area (Å²) in [5.41, 5.74) is 1.68. The summed E-state index contributed by atoms with van der Waals surface area (Å²) < 4.78 is 5.84. The molecule has 0 aromatic heterocycles. The third-order valence-electron chi connectivity index (χ3n) is 4.40. The van der Waals surface area contributed by atoms with Crippen molar-refractivity contribution in [3.05, 3.63) is 58.1 Å². The first-order valence-electron chi connectivity index (χ1n) is 8.83. The van der Waals surface area contributed by atoms with Gasteiger partial charge in [-0.2, -0.15) is 0 Å². The van der Waals surface area contributed by atoms with Gasteiger partial charge < -0.3 is 15.0 Å². The van der Waals surface area contributed by atoms with Crippen molar-refractivity contribution in [1.29, 1.82) is 0 Å². The van der Waals surface area contributed by atoms with Gasteiger partial charge in [-0.05, 0) is 77.4 Å². The second-order valence-electron chi connectivity index (χ2n) is 6.34. The van der Waals surface area contributed by atoms with Gasteiger partial charge in [-0.15, -0.1) is 0 Å². The van der Waals surface area contributed by atoms with Gasteiger partial charge >= 0.3 is 0 Å². The first-order valence-corrected chi connectivity index (χ1v) is 10.0. The third-order valence-corrected chi connectivity index (χ3v) is 5.23. The van der Waals surface area contributed by atoms with Crippen molar-refractivity contribution in [2.45, 2.75) is 12.8 Å². The summed E-state index contributed by atoms with van der Waals surface area (Å²) in [5, 5.41) is 5.75. The Balaban J connectivity index is 1.63. The van der Waals surface area contributed by atoms with Crippen LogP contribution < -0.4 is 15.4 Å². The largest absolute Gasteiger partial charge is 0.496 e. The molecule has 2 aromatic rings. The summed E-state index contributed by atoms with van der Waals surface area (Å²) in [5.74, 6) is 0.307. The molecule has 1 aliphatic rings. The number of ether oxygens (including phenoxy) is 1.